The third kappa shape index (κ3) is 5.25. The van der Waals surface area contributed by atoms with Crippen molar-refractivity contribution in [3.8, 4) is 6.07 Å². The first-order chi connectivity index (χ1) is 13.6. The maximum absolute atomic E-state index is 12.9. The third-order valence-electron chi connectivity index (χ3n) is 5.27. The van der Waals surface area contributed by atoms with Crippen molar-refractivity contribution >= 4 is 23.2 Å². The van der Waals surface area contributed by atoms with Gasteiger partial charge in [0.1, 0.15) is 0 Å². The number of rotatable bonds is 6. The highest BCUT2D eigenvalue weighted by Gasteiger charge is 2.23. The lowest BCUT2D eigenvalue weighted by Gasteiger charge is -2.34. The first kappa shape index (κ1) is 20.2. The fraction of sp³-hybridized carbons (Fsp3) is 0.364. The van der Waals surface area contributed by atoms with Gasteiger partial charge in [-0.05, 0) is 67.3 Å². The molecule has 1 aliphatic heterocycles. The van der Waals surface area contributed by atoms with Crippen molar-refractivity contribution in [3.05, 3.63) is 64.7 Å². The quantitative estimate of drug-likeness (QED) is 0.811. The smallest absolute Gasteiger partial charge is 0.242 e. The largest absolute Gasteiger partial charge is 0.358 e. The zero-order valence-corrected chi connectivity index (χ0v) is 16.6. The molecule has 146 valence electrons. The molecule has 0 radical (unpaired) electrons. The number of piperidine rings is 1. The topological polar surface area (TPSA) is 73.4 Å². The number of likely N-dealkylation sites (tertiary alicyclic amines) is 1. The van der Waals surface area contributed by atoms with Gasteiger partial charge in [0, 0.05) is 30.3 Å². The number of carbonyl (C=O) groups is 1. The molecule has 0 aliphatic carbocycles. The maximum Gasteiger partial charge on any atom is 0.242 e. The van der Waals surface area contributed by atoms with E-state index in [9.17, 15) is 4.79 Å². The van der Waals surface area contributed by atoms with Crippen LogP contribution in [0.3, 0.4) is 0 Å². The summed E-state index contributed by atoms with van der Waals surface area (Å²) in [6.45, 7) is 3.11. The van der Waals surface area contributed by atoms with Crippen LogP contribution in [0, 0.1) is 17.2 Å². The fourth-order valence-corrected chi connectivity index (χ4v) is 3.60. The highest BCUT2D eigenvalue weighted by molar-refractivity contribution is 6.30. The van der Waals surface area contributed by atoms with Gasteiger partial charge in [-0.3, -0.25) is 4.79 Å². The van der Waals surface area contributed by atoms with E-state index in [0.717, 1.165) is 37.2 Å². The molecule has 6 heteroatoms. The second-order valence-corrected chi connectivity index (χ2v) is 7.64. The molecule has 0 spiro atoms. The Labute approximate surface area is 171 Å². The monoisotopic (exact) mass is 396 g/mol. The van der Waals surface area contributed by atoms with Crippen molar-refractivity contribution in [3.63, 3.8) is 0 Å². The molecule has 2 N–H and O–H groups in total. The van der Waals surface area contributed by atoms with E-state index in [-0.39, 0.29) is 5.91 Å². The summed E-state index contributed by atoms with van der Waals surface area (Å²) in [5, 5.41) is 9.73. The lowest BCUT2D eigenvalue weighted by molar-refractivity contribution is -0.131. The van der Waals surface area contributed by atoms with Gasteiger partial charge in [-0.1, -0.05) is 23.7 Å². The van der Waals surface area contributed by atoms with Crippen molar-refractivity contribution < 1.29 is 4.79 Å². The number of nitrogens with zero attached hydrogens (tertiary/aromatic N) is 3. The summed E-state index contributed by atoms with van der Waals surface area (Å²) in [5.41, 5.74) is 8.35. The van der Waals surface area contributed by atoms with Crippen LogP contribution in [0.2, 0.25) is 5.02 Å². The minimum absolute atomic E-state index is 0.119. The first-order valence-electron chi connectivity index (χ1n) is 9.56. The summed E-state index contributed by atoms with van der Waals surface area (Å²) in [6, 6.07) is 17.1. The summed E-state index contributed by atoms with van der Waals surface area (Å²) in [7, 11) is 0. The number of nitriles is 1. The molecule has 1 amide bonds. The van der Waals surface area contributed by atoms with Gasteiger partial charge in [-0.15, -0.1) is 0 Å². The molecule has 1 saturated heterocycles. The van der Waals surface area contributed by atoms with E-state index < -0.39 is 0 Å². The minimum Gasteiger partial charge on any atom is -0.358 e. The summed E-state index contributed by atoms with van der Waals surface area (Å²) >= 11 is 5.99. The van der Waals surface area contributed by atoms with Gasteiger partial charge in [-0.2, -0.15) is 5.26 Å². The van der Waals surface area contributed by atoms with E-state index in [0.29, 0.717) is 36.1 Å². The van der Waals surface area contributed by atoms with Gasteiger partial charge in [0.25, 0.3) is 0 Å². The van der Waals surface area contributed by atoms with E-state index in [1.807, 2.05) is 46.2 Å². The number of anilines is 1. The standard InChI is InChI=1S/C22H25ClN4O/c23-20-5-1-19(2-6-20)15-27(21-7-3-17(13-24)4-8-21)16-22(28)26-11-9-18(14-25)10-12-26/h1-8,18H,9-12,14-16,25H2. The average Bonchev–Trinajstić information content (AvgIpc) is 2.75. The molecule has 0 aromatic heterocycles. The molecular weight excluding hydrogens is 372 g/mol. The van der Waals surface area contributed by atoms with Crippen LogP contribution in [-0.4, -0.2) is 37.0 Å². The fourth-order valence-electron chi connectivity index (χ4n) is 3.48. The SMILES string of the molecule is N#Cc1ccc(N(CC(=O)N2CCC(CN)CC2)Cc2ccc(Cl)cc2)cc1. The third-order valence-corrected chi connectivity index (χ3v) is 5.53. The van der Waals surface area contributed by atoms with Gasteiger partial charge in [0.05, 0.1) is 18.2 Å². The molecule has 28 heavy (non-hydrogen) atoms. The van der Waals surface area contributed by atoms with Gasteiger partial charge in [0.2, 0.25) is 5.91 Å². The number of halogens is 1. The average molecular weight is 397 g/mol. The first-order valence-corrected chi connectivity index (χ1v) is 9.94. The summed E-state index contributed by atoms with van der Waals surface area (Å²) in [6.07, 6.45) is 1.94. The van der Waals surface area contributed by atoms with E-state index in [1.54, 1.807) is 12.1 Å². The molecule has 2 aromatic carbocycles. The Morgan fingerprint density at radius 3 is 2.36 bits per heavy atom. The van der Waals surface area contributed by atoms with Crippen LogP contribution in [0.1, 0.15) is 24.0 Å². The maximum atomic E-state index is 12.9. The van der Waals surface area contributed by atoms with Crippen LogP contribution in [0.4, 0.5) is 5.69 Å². The molecule has 5 nitrogen and oxygen atoms in total. The molecule has 0 saturated carbocycles. The number of benzene rings is 2. The van der Waals surface area contributed by atoms with Crippen LogP contribution < -0.4 is 10.6 Å². The molecule has 0 atom stereocenters. The number of hydrogen-bond donors (Lipinski definition) is 1. The van der Waals surface area contributed by atoms with Crippen molar-refractivity contribution in [2.45, 2.75) is 19.4 Å². The molecule has 1 aliphatic rings. The molecule has 1 fully saturated rings. The number of amides is 1. The number of carbonyl (C=O) groups excluding carboxylic acids is 1. The second-order valence-electron chi connectivity index (χ2n) is 7.20. The van der Waals surface area contributed by atoms with Crippen molar-refractivity contribution in [1.29, 1.82) is 5.26 Å². The molecule has 0 bridgehead atoms. The molecule has 2 aromatic rings. The van der Waals surface area contributed by atoms with Crippen LogP contribution >= 0.6 is 11.6 Å². The van der Waals surface area contributed by atoms with E-state index >= 15 is 0 Å². The second kappa shape index (κ2) is 9.59. The zero-order chi connectivity index (χ0) is 19.9. The molecular formula is C22H25ClN4O. The normalized spacial score (nSPS) is 14.5. The number of hydrogen-bond acceptors (Lipinski definition) is 4. The summed E-state index contributed by atoms with van der Waals surface area (Å²) in [4.78, 5) is 16.9. The Balaban J connectivity index is 1.74. The minimum atomic E-state index is 0.119. The predicted octanol–water partition coefficient (Wildman–Crippen LogP) is 3.42. The molecule has 3 rings (SSSR count). The Kier molecular flexibility index (Phi) is 6.91. The summed E-state index contributed by atoms with van der Waals surface area (Å²) in [5.74, 6) is 0.640. The predicted molar refractivity (Wildman–Crippen MR) is 112 cm³/mol. The molecule has 1 heterocycles. The van der Waals surface area contributed by atoms with Crippen LogP contribution in [-0.2, 0) is 11.3 Å². The highest BCUT2D eigenvalue weighted by atomic mass is 35.5. The lowest BCUT2D eigenvalue weighted by atomic mass is 9.97. The van der Waals surface area contributed by atoms with Gasteiger partial charge in [-0.25, -0.2) is 0 Å². The van der Waals surface area contributed by atoms with Gasteiger partial charge >= 0.3 is 0 Å². The zero-order valence-electron chi connectivity index (χ0n) is 15.9. The number of nitrogens with two attached hydrogens (primary N) is 1. The molecule has 0 unspecified atom stereocenters. The van der Waals surface area contributed by atoms with Crippen LogP contribution in [0.25, 0.3) is 0 Å². The van der Waals surface area contributed by atoms with E-state index in [2.05, 4.69) is 6.07 Å². The van der Waals surface area contributed by atoms with E-state index in [1.165, 1.54) is 0 Å². The van der Waals surface area contributed by atoms with Crippen LogP contribution in [0.15, 0.2) is 48.5 Å². The Morgan fingerprint density at radius 2 is 1.79 bits per heavy atom. The van der Waals surface area contributed by atoms with Gasteiger partial charge in [0.15, 0.2) is 0 Å². The van der Waals surface area contributed by atoms with E-state index in [4.69, 9.17) is 22.6 Å². The Hall–Kier alpha value is -2.55. The van der Waals surface area contributed by atoms with Gasteiger partial charge < -0.3 is 15.5 Å². The van der Waals surface area contributed by atoms with Crippen LogP contribution in [0.5, 0.6) is 0 Å². The summed E-state index contributed by atoms with van der Waals surface area (Å²) < 4.78 is 0. The Bertz CT molecular complexity index is 821. The highest BCUT2D eigenvalue weighted by Crippen LogP contribution is 2.21. The van der Waals surface area contributed by atoms with Crippen molar-refractivity contribution in [2.24, 2.45) is 11.7 Å². The Morgan fingerprint density at radius 1 is 1.14 bits per heavy atom. The van der Waals surface area contributed by atoms with Crippen molar-refractivity contribution in [1.82, 2.24) is 4.90 Å². The lowest BCUT2D eigenvalue weighted by Crippen LogP contribution is -2.45. The van der Waals surface area contributed by atoms with Crippen molar-refractivity contribution in [2.75, 3.05) is 31.1 Å².